The molecule has 0 aromatic heterocycles. The summed E-state index contributed by atoms with van der Waals surface area (Å²) < 4.78 is 74.3. The highest BCUT2D eigenvalue weighted by molar-refractivity contribution is 7.86. The highest BCUT2D eigenvalue weighted by Gasteiger charge is 2.47. The minimum Gasteiger partial charge on any atom is -0.743 e. The zero-order valence-electron chi connectivity index (χ0n) is 11.1. The van der Waals surface area contributed by atoms with Crippen LogP contribution in [-0.2, 0) is 19.6 Å². The molecule has 2 saturated carbocycles. The van der Waals surface area contributed by atoms with Gasteiger partial charge in [0.25, 0.3) is 0 Å². The summed E-state index contributed by atoms with van der Waals surface area (Å²) in [6.07, 6.45) is -0.544. The van der Waals surface area contributed by atoms with Gasteiger partial charge in [-0.15, -0.1) is 0 Å². The van der Waals surface area contributed by atoms with Crippen LogP contribution in [-0.4, -0.2) is 37.0 Å². The Morgan fingerprint density at radius 3 is 2.48 bits per heavy atom. The van der Waals surface area contributed by atoms with Crippen molar-refractivity contribution < 1.29 is 35.7 Å². The lowest BCUT2D eigenvalue weighted by atomic mass is 9.89. The Kier molecular flexibility index (Phi) is 4.53. The molecule has 2 rings (SSSR count). The monoisotopic (exact) mass is 329 g/mol. The molecule has 0 amide bonds. The normalized spacial score (nSPS) is 30.4. The number of alkyl halides is 3. The Bertz CT molecular complexity index is 507. The average Bonchev–Trinajstić information content (AvgIpc) is 2.99. The molecule has 21 heavy (non-hydrogen) atoms. The van der Waals surface area contributed by atoms with Gasteiger partial charge in [0.2, 0.25) is 0 Å². The summed E-state index contributed by atoms with van der Waals surface area (Å²) in [5, 5.41) is -5.01. The molecule has 4 unspecified atom stereocenters. The van der Waals surface area contributed by atoms with E-state index < -0.39 is 40.5 Å². The van der Waals surface area contributed by atoms with E-state index in [2.05, 4.69) is 0 Å². The van der Waals surface area contributed by atoms with Crippen LogP contribution >= 0.6 is 0 Å². The van der Waals surface area contributed by atoms with E-state index in [1.807, 2.05) is 0 Å². The van der Waals surface area contributed by atoms with E-state index in [9.17, 15) is 30.9 Å². The van der Waals surface area contributed by atoms with Crippen LogP contribution in [0.4, 0.5) is 13.2 Å². The summed E-state index contributed by atoms with van der Waals surface area (Å²) in [5.41, 5.74) is 0. The second-order valence-corrected chi connectivity index (χ2v) is 7.17. The maximum absolute atomic E-state index is 13.1. The fourth-order valence-electron chi connectivity index (χ4n) is 3.23. The molecule has 2 aliphatic rings. The first-order valence-electron chi connectivity index (χ1n) is 6.77. The van der Waals surface area contributed by atoms with Gasteiger partial charge in [0.05, 0.1) is 12.5 Å². The molecule has 122 valence electrons. The Balaban J connectivity index is 1.78. The van der Waals surface area contributed by atoms with E-state index in [0.29, 0.717) is 12.3 Å². The molecule has 0 saturated heterocycles. The second kappa shape index (κ2) is 5.75. The molecule has 0 aromatic carbocycles. The van der Waals surface area contributed by atoms with Crippen molar-refractivity contribution >= 4 is 16.1 Å². The number of carbonyl (C=O) groups excluding carboxylic acids is 1. The van der Waals surface area contributed by atoms with Crippen molar-refractivity contribution in [2.24, 2.45) is 17.8 Å². The number of ether oxygens (including phenoxy) is 1. The minimum atomic E-state index is -6.07. The first-order valence-corrected chi connectivity index (χ1v) is 8.17. The molecule has 0 aliphatic heterocycles. The predicted molar refractivity (Wildman–Crippen MR) is 64.1 cm³/mol. The quantitative estimate of drug-likeness (QED) is 0.548. The second-order valence-electron chi connectivity index (χ2n) is 5.72. The van der Waals surface area contributed by atoms with Crippen molar-refractivity contribution in [3.8, 4) is 0 Å². The van der Waals surface area contributed by atoms with Gasteiger partial charge in [-0.2, -0.15) is 8.78 Å². The van der Waals surface area contributed by atoms with Crippen LogP contribution in [0.25, 0.3) is 0 Å². The molecule has 0 spiro atoms. The van der Waals surface area contributed by atoms with Gasteiger partial charge in [-0.05, 0) is 31.1 Å². The molecule has 2 bridgehead atoms. The van der Waals surface area contributed by atoms with E-state index in [1.54, 1.807) is 0 Å². The van der Waals surface area contributed by atoms with Crippen LogP contribution < -0.4 is 0 Å². The maximum atomic E-state index is 13.1. The number of carbonyl (C=O) groups is 1. The van der Waals surface area contributed by atoms with E-state index in [-0.39, 0.29) is 11.8 Å². The lowest BCUT2D eigenvalue weighted by Crippen LogP contribution is -2.39. The van der Waals surface area contributed by atoms with Crippen LogP contribution in [0.15, 0.2) is 0 Å². The number of fused-ring (bicyclic) bond motifs is 2. The largest absolute Gasteiger partial charge is 0.743 e. The molecule has 5 nitrogen and oxygen atoms in total. The zero-order valence-corrected chi connectivity index (χ0v) is 12.0. The van der Waals surface area contributed by atoms with Crippen molar-refractivity contribution in [2.45, 2.75) is 43.5 Å². The van der Waals surface area contributed by atoms with Gasteiger partial charge in [-0.1, -0.05) is 6.42 Å². The lowest BCUT2D eigenvalue weighted by molar-refractivity contribution is -0.151. The number of hydrogen-bond acceptors (Lipinski definition) is 5. The van der Waals surface area contributed by atoms with Gasteiger partial charge in [0.1, 0.15) is 0 Å². The Morgan fingerprint density at radius 2 is 2.00 bits per heavy atom. The van der Waals surface area contributed by atoms with Crippen molar-refractivity contribution in [2.75, 3.05) is 6.61 Å². The molecule has 4 atom stereocenters. The van der Waals surface area contributed by atoms with Crippen LogP contribution in [0.5, 0.6) is 0 Å². The number of esters is 1. The third kappa shape index (κ3) is 3.33. The summed E-state index contributed by atoms with van der Waals surface area (Å²) >= 11 is 0. The van der Waals surface area contributed by atoms with E-state index in [4.69, 9.17) is 4.74 Å². The van der Waals surface area contributed by atoms with Crippen LogP contribution in [0, 0.1) is 17.8 Å². The van der Waals surface area contributed by atoms with Gasteiger partial charge in [0, 0.05) is 6.42 Å². The Morgan fingerprint density at radius 1 is 1.33 bits per heavy atom. The summed E-state index contributed by atoms with van der Waals surface area (Å²) in [6, 6.07) is 0. The SMILES string of the molecule is O=C(OCCC(F)C(F)(F)S(=O)(=O)[O-])C1CC2CCC1C2. The summed E-state index contributed by atoms with van der Waals surface area (Å²) in [7, 11) is -6.07. The average molecular weight is 329 g/mol. The van der Waals surface area contributed by atoms with Crippen molar-refractivity contribution in [1.82, 2.24) is 0 Å². The molecule has 2 aliphatic carbocycles. The van der Waals surface area contributed by atoms with Gasteiger partial charge >= 0.3 is 11.2 Å². The molecule has 2 fully saturated rings. The van der Waals surface area contributed by atoms with Gasteiger partial charge < -0.3 is 9.29 Å². The first kappa shape index (κ1) is 16.5. The van der Waals surface area contributed by atoms with E-state index >= 15 is 0 Å². The molecule has 0 N–H and O–H groups in total. The van der Waals surface area contributed by atoms with Crippen LogP contribution in [0.2, 0.25) is 0 Å². The van der Waals surface area contributed by atoms with E-state index in [0.717, 1.165) is 19.3 Å². The Labute approximate surface area is 120 Å². The molecular formula is C12H16F3O5S-. The molecule has 0 radical (unpaired) electrons. The topological polar surface area (TPSA) is 83.5 Å². The zero-order chi connectivity index (χ0) is 15.8. The fraction of sp³-hybridized carbons (Fsp3) is 0.917. The summed E-state index contributed by atoms with van der Waals surface area (Å²) in [6.45, 7) is -0.668. The van der Waals surface area contributed by atoms with Crippen LogP contribution in [0.1, 0.15) is 32.1 Å². The summed E-state index contributed by atoms with van der Waals surface area (Å²) in [5.74, 6) is -0.0863. The van der Waals surface area contributed by atoms with Crippen molar-refractivity contribution in [3.63, 3.8) is 0 Å². The molecule has 0 aromatic rings. The number of halogens is 3. The highest BCUT2D eigenvalue weighted by Crippen LogP contribution is 2.48. The predicted octanol–water partition coefficient (Wildman–Crippen LogP) is 1.83. The third-order valence-electron chi connectivity index (χ3n) is 4.35. The molecular weight excluding hydrogens is 313 g/mol. The maximum Gasteiger partial charge on any atom is 0.364 e. The Hall–Kier alpha value is -0.830. The van der Waals surface area contributed by atoms with E-state index in [1.165, 1.54) is 0 Å². The lowest BCUT2D eigenvalue weighted by Gasteiger charge is -2.24. The van der Waals surface area contributed by atoms with Crippen LogP contribution in [0.3, 0.4) is 0 Å². The van der Waals surface area contributed by atoms with Crippen molar-refractivity contribution in [1.29, 1.82) is 0 Å². The highest BCUT2D eigenvalue weighted by atomic mass is 32.2. The standard InChI is InChI=1S/C12H17F3O5S/c13-10(12(14,15)21(17,18)19)3-4-20-11(16)9-6-7-1-2-8(9)5-7/h7-10H,1-6H2,(H,17,18,19)/p-1. The number of rotatable bonds is 6. The first-order chi connectivity index (χ1) is 9.63. The van der Waals surface area contributed by atoms with Gasteiger partial charge in [0.15, 0.2) is 16.3 Å². The minimum absolute atomic E-state index is 0.243. The van der Waals surface area contributed by atoms with Gasteiger partial charge in [-0.3, -0.25) is 4.79 Å². The smallest absolute Gasteiger partial charge is 0.364 e. The fourth-order valence-corrected chi connectivity index (χ4v) is 3.66. The number of hydrogen-bond donors (Lipinski definition) is 0. The summed E-state index contributed by atoms with van der Waals surface area (Å²) in [4.78, 5) is 11.8. The molecule has 9 heteroatoms. The van der Waals surface area contributed by atoms with Gasteiger partial charge in [-0.25, -0.2) is 12.8 Å². The van der Waals surface area contributed by atoms with Crippen molar-refractivity contribution in [3.05, 3.63) is 0 Å². The molecule has 0 heterocycles. The third-order valence-corrected chi connectivity index (χ3v) is 5.28.